The minimum atomic E-state index is -0.999. The van der Waals surface area contributed by atoms with Gasteiger partial charge in [0.2, 0.25) is 11.8 Å². The highest BCUT2D eigenvalue weighted by atomic mass is 32.1. The molecule has 6 amide bonds. The van der Waals surface area contributed by atoms with Crippen molar-refractivity contribution in [2.75, 3.05) is 78.2 Å². The lowest BCUT2D eigenvalue weighted by Crippen LogP contribution is -2.62. The molecule has 4 unspecified atom stereocenters. The second-order valence-corrected chi connectivity index (χ2v) is 24.4. The predicted molar refractivity (Wildman–Crippen MR) is 300 cm³/mol. The number of anilines is 6. The summed E-state index contributed by atoms with van der Waals surface area (Å²) in [7, 11) is 3.06. The second kappa shape index (κ2) is 20.7. The van der Waals surface area contributed by atoms with Crippen LogP contribution in [0.25, 0.3) is 0 Å². The van der Waals surface area contributed by atoms with Crippen LogP contribution in [0.1, 0.15) is 119 Å². The van der Waals surface area contributed by atoms with Crippen LogP contribution in [-0.4, -0.2) is 159 Å². The molecule has 2 aromatic heterocycles. The molecule has 3 N–H and O–H groups in total. The molecule has 1 aliphatic carbocycles. The average molecular weight is 1080 g/mol. The number of aliphatic hydroxyl groups excluding tert-OH is 1. The lowest BCUT2D eigenvalue weighted by atomic mass is 9.76. The fraction of sp³-hybridized carbons (Fsp3) is 0.517. The first-order chi connectivity index (χ1) is 37.3. The van der Waals surface area contributed by atoms with Crippen LogP contribution < -0.4 is 30.9 Å². The zero-order chi connectivity index (χ0) is 55.1. The number of piperazine rings is 1. The summed E-state index contributed by atoms with van der Waals surface area (Å²) in [6, 6.07) is 9.61. The number of aryl methyl sites for hydroxylation is 1. The third-order valence-corrected chi connectivity index (χ3v) is 19.0. The van der Waals surface area contributed by atoms with Crippen molar-refractivity contribution >= 4 is 81.2 Å². The summed E-state index contributed by atoms with van der Waals surface area (Å²) in [5.74, 6) is -1.62. The van der Waals surface area contributed by atoms with Crippen LogP contribution in [0.15, 0.2) is 60.0 Å². The smallest absolute Gasteiger partial charge is 0.293 e. The molecule has 78 heavy (non-hydrogen) atoms. The van der Waals surface area contributed by atoms with Gasteiger partial charge in [-0.25, -0.2) is 4.98 Å². The van der Waals surface area contributed by atoms with Crippen molar-refractivity contribution in [1.29, 1.82) is 0 Å². The number of thiophene rings is 1. The van der Waals surface area contributed by atoms with Crippen LogP contribution in [-0.2, 0) is 40.7 Å². The van der Waals surface area contributed by atoms with E-state index in [1.165, 1.54) is 33.7 Å². The van der Waals surface area contributed by atoms with Crippen LogP contribution >= 0.6 is 11.3 Å². The number of likely N-dealkylation sites (N-methyl/N-ethyl adjacent to an activating group) is 1. The van der Waals surface area contributed by atoms with Gasteiger partial charge in [0.1, 0.15) is 11.9 Å². The Kier molecular flexibility index (Phi) is 14.1. The van der Waals surface area contributed by atoms with Gasteiger partial charge in [0.05, 0.1) is 45.6 Å². The Morgan fingerprint density at radius 2 is 1.63 bits per heavy atom. The highest BCUT2D eigenvalue weighted by Gasteiger charge is 2.48. The molecule has 0 spiro atoms. The maximum Gasteiger partial charge on any atom is 0.293 e. The van der Waals surface area contributed by atoms with E-state index in [0.29, 0.717) is 42.9 Å². The van der Waals surface area contributed by atoms with Gasteiger partial charge in [-0.05, 0) is 131 Å². The number of nitrogens with zero attached hydrogens (tertiary/aromatic N) is 9. The lowest BCUT2D eigenvalue weighted by molar-refractivity contribution is -0.149. The van der Waals surface area contributed by atoms with Gasteiger partial charge in [0.25, 0.3) is 29.2 Å². The van der Waals surface area contributed by atoms with Crippen LogP contribution in [0.4, 0.5) is 34.4 Å². The molecule has 412 valence electrons. The van der Waals surface area contributed by atoms with E-state index >= 15 is 0 Å². The summed E-state index contributed by atoms with van der Waals surface area (Å²) < 4.78 is 1.49. The van der Waals surface area contributed by atoms with Crippen LogP contribution in [0.5, 0.6) is 0 Å². The first-order valence-electron chi connectivity index (χ1n) is 27.7. The highest BCUT2D eigenvalue weighted by Crippen LogP contribution is 2.45. The van der Waals surface area contributed by atoms with Crippen molar-refractivity contribution in [2.24, 2.45) is 12.5 Å². The van der Waals surface area contributed by atoms with E-state index < -0.39 is 35.9 Å². The molecule has 5 atom stereocenters. The Labute approximate surface area is 458 Å². The average Bonchev–Trinajstić information content (AvgIpc) is 4.09. The largest absolute Gasteiger partial charge is 0.391 e. The van der Waals surface area contributed by atoms with Crippen molar-refractivity contribution < 1.29 is 33.9 Å². The quantitative estimate of drug-likeness (QED) is 0.124. The molecule has 4 aromatic rings. The number of carbonyl (C=O) groups excluding carboxylic acids is 6. The number of carbonyl (C=O) groups is 6. The summed E-state index contributed by atoms with van der Waals surface area (Å²) in [4.78, 5) is 114. The topological polar surface area (TPSA) is 204 Å². The number of aliphatic hydroxyl groups is 1. The van der Waals surface area contributed by atoms with E-state index in [-0.39, 0.29) is 70.6 Å². The Bertz CT molecular complexity index is 3200. The van der Waals surface area contributed by atoms with Gasteiger partial charge in [-0.3, -0.25) is 48.3 Å². The van der Waals surface area contributed by atoms with E-state index in [4.69, 9.17) is 4.98 Å². The fourth-order valence-electron chi connectivity index (χ4n) is 13.5. The van der Waals surface area contributed by atoms with Gasteiger partial charge < -0.3 is 39.9 Å². The van der Waals surface area contributed by atoms with Gasteiger partial charge in [0, 0.05) is 101 Å². The first kappa shape index (κ1) is 53.1. The standard InChI is InChI=1S/C58H71N11O8S/c1-8-48(71)60-42-28-35(59-52-57(77)62(6)32-47(61-52)68-22-9-10-44(50(68)34(3)70)67-25-20-39-38-17-21-58(4,5)30-46(38)78-51(39)56(67)76)11-14-43(42)66-27-26-65(31-33(66)2)36-18-23-64(24-19-36)37-12-13-40-41(29-37)54(74)69(53(40)73)45-15-16-49(72)63(7)55(45)75/h8,11-14,28-29,32-34,36,44-45,50,70H,1,9-10,15-27,30-31H2,2-7H3,(H,59,61)(H,60,71)/t33-,34?,44?,45?,50?/m0/s1. The van der Waals surface area contributed by atoms with E-state index in [0.717, 1.165) is 104 Å². The van der Waals surface area contributed by atoms with Gasteiger partial charge in [0.15, 0.2) is 5.82 Å². The van der Waals surface area contributed by atoms with Gasteiger partial charge in [-0.15, -0.1) is 11.3 Å². The van der Waals surface area contributed by atoms with Crippen molar-refractivity contribution in [2.45, 2.75) is 128 Å². The normalized spacial score (nSPS) is 24.3. The fourth-order valence-corrected chi connectivity index (χ4v) is 15.1. The number of likely N-dealkylation sites (tertiary alicyclic amines) is 1. The monoisotopic (exact) mass is 1080 g/mol. The number of fused-ring (bicyclic) bond motifs is 4. The maximum atomic E-state index is 14.4. The molecule has 4 saturated heterocycles. The number of benzene rings is 2. The number of amides is 6. The van der Waals surface area contributed by atoms with Gasteiger partial charge in [-0.2, -0.15) is 0 Å². The molecule has 7 aliphatic rings. The van der Waals surface area contributed by atoms with Crippen molar-refractivity contribution in [3.8, 4) is 0 Å². The molecule has 8 heterocycles. The number of hydrogen-bond donors (Lipinski definition) is 3. The number of imide groups is 2. The van der Waals surface area contributed by atoms with Crippen LogP contribution in [0, 0.1) is 5.41 Å². The first-order valence-corrected chi connectivity index (χ1v) is 28.5. The molecule has 6 aliphatic heterocycles. The van der Waals surface area contributed by atoms with E-state index in [9.17, 15) is 38.7 Å². The molecule has 0 saturated carbocycles. The van der Waals surface area contributed by atoms with Gasteiger partial charge >= 0.3 is 0 Å². The minimum Gasteiger partial charge on any atom is -0.391 e. The number of nitrogens with one attached hydrogen (secondary N) is 2. The molecular formula is C58H71N11O8S. The number of aromatic nitrogens is 2. The summed E-state index contributed by atoms with van der Waals surface area (Å²) in [5.41, 5.74) is 5.78. The summed E-state index contributed by atoms with van der Waals surface area (Å²) in [5, 5.41) is 17.8. The molecule has 4 fully saturated rings. The van der Waals surface area contributed by atoms with Crippen molar-refractivity contribution in [1.82, 2.24) is 29.2 Å². The minimum absolute atomic E-state index is 0.0483. The molecule has 0 bridgehead atoms. The Hall–Kier alpha value is -6.90. The van der Waals surface area contributed by atoms with Crippen molar-refractivity contribution in [3.05, 3.63) is 97.6 Å². The molecule has 11 rings (SSSR count). The number of piperidine rings is 3. The third-order valence-electron chi connectivity index (χ3n) is 17.7. The predicted octanol–water partition coefficient (Wildman–Crippen LogP) is 5.56. The molecule has 20 heteroatoms. The molecule has 19 nitrogen and oxygen atoms in total. The number of rotatable bonds is 11. The molecular weight excluding hydrogens is 1010 g/mol. The van der Waals surface area contributed by atoms with E-state index in [2.05, 4.69) is 57.6 Å². The van der Waals surface area contributed by atoms with Crippen LogP contribution in [0.3, 0.4) is 0 Å². The molecule has 2 aromatic carbocycles. The van der Waals surface area contributed by atoms with Crippen molar-refractivity contribution in [3.63, 3.8) is 0 Å². The molecule has 0 radical (unpaired) electrons. The lowest BCUT2D eigenvalue weighted by Gasteiger charge is -2.48. The third kappa shape index (κ3) is 9.56. The Morgan fingerprint density at radius 3 is 2.37 bits per heavy atom. The Balaban J connectivity index is 0.755. The van der Waals surface area contributed by atoms with Crippen LogP contribution in [0.2, 0.25) is 0 Å². The number of hydrogen-bond acceptors (Lipinski definition) is 15. The summed E-state index contributed by atoms with van der Waals surface area (Å²) in [6.07, 6.45) is 9.54. The zero-order valence-corrected chi connectivity index (χ0v) is 46.4. The van der Waals surface area contributed by atoms with E-state index in [1.54, 1.807) is 43.6 Å². The maximum absolute atomic E-state index is 14.4. The summed E-state index contributed by atoms with van der Waals surface area (Å²) in [6.45, 7) is 17.2. The van der Waals surface area contributed by atoms with E-state index in [1.807, 2.05) is 29.2 Å². The second-order valence-electron chi connectivity index (χ2n) is 23.3. The SMILES string of the molecule is C=CC(=O)Nc1cc(Nc2nc(N3CCCC(N4CCc5c(sc6c5CCC(C)(C)C6)C4=O)C3C(C)O)cn(C)c2=O)ccc1N1CCN(C2CCN(c3ccc4c(c3)C(=O)N(C3CCC(=O)N(C)C3=O)C4=O)CC2)C[C@@H]1C. The highest BCUT2D eigenvalue weighted by molar-refractivity contribution is 7.14. The summed E-state index contributed by atoms with van der Waals surface area (Å²) >= 11 is 1.67. The van der Waals surface area contributed by atoms with Gasteiger partial charge in [-0.1, -0.05) is 20.4 Å². The Morgan fingerprint density at radius 1 is 0.859 bits per heavy atom. The zero-order valence-electron chi connectivity index (χ0n) is 45.5.